The molecule has 1 nitrogen and oxygen atoms in total. The van der Waals surface area contributed by atoms with Crippen LogP contribution in [0.3, 0.4) is 0 Å². The summed E-state index contributed by atoms with van der Waals surface area (Å²) in [6.07, 6.45) is 0. The van der Waals surface area contributed by atoms with Gasteiger partial charge in [0.25, 0.3) is 0 Å². The third kappa shape index (κ3) is 1.46. The van der Waals surface area contributed by atoms with Crippen molar-refractivity contribution in [2.45, 2.75) is 32.9 Å². The van der Waals surface area contributed by atoms with Gasteiger partial charge in [0, 0.05) is 13.1 Å². The third-order valence-corrected chi connectivity index (χ3v) is 2.57. The monoisotopic (exact) mass is 179 g/mol. The molecule has 2 heteroatoms. The smallest absolute Gasteiger partial charge is 0.127 e. The van der Waals surface area contributed by atoms with Gasteiger partial charge in [0.2, 0.25) is 0 Å². The van der Waals surface area contributed by atoms with Crippen LogP contribution in [0.5, 0.6) is 0 Å². The molecule has 0 unspecified atom stereocenters. The highest BCUT2D eigenvalue weighted by atomic mass is 19.1. The lowest BCUT2D eigenvalue weighted by atomic mass is 9.98. The lowest BCUT2D eigenvalue weighted by Crippen LogP contribution is -1.99. The largest absolute Gasteiger partial charge is 0.309 e. The van der Waals surface area contributed by atoms with Crippen molar-refractivity contribution in [2.24, 2.45) is 0 Å². The number of hydrogen-bond acceptors (Lipinski definition) is 1. The van der Waals surface area contributed by atoms with Crippen LogP contribution in [0.25, 0.3) is 0 Å². The molecular weight excluding hydrogens is 165 g/mol. The summed E-state index contributed by atoms with van der Waals surface area (Å²) in [5.41, 5.74) is 3.20. The molecule has 2 rings (SSSR count). The predicted octanol–water partition coefficient (Wildman–Crippen LogP) is 2.55. The summed E-state index contributed by atoms with van der Waals surface area (Å²) in [4.78, 5) is 0. The van der Waals surface area contributed by atoms with Crippen molar-refractivity contribution in [1.29, 1.82) is 0 Å². The zero-order chi connectivity index (χ0) is 9.42. The fraction of sp³-hybridized carbons (Fsp3) is 0.455. The van der Waals surface area contributed by atoms with Gasteiger partial charge in [0.15, 0.2) is 0 Å². The Bertz CT molecular complexity index is 331. The highest BCUT2D eigenvalue weighted by Crippen LogP contribution is 2.25. The highest BCUT2D eigenvalue weighted by Gasteiger charge is 2.15. The average molecular weight is 179 g/mol. The van der Waals surface area contributed by atoms with Crippen molar-refractivity contribution in [1.82, 2.24) is 5.32 Å². The van der Waals surface area contributed by atoms with Crippen LogP contribution < -0.4 is 5.32 Å². The van der Waals surface area contributed by atoms with E-state index < -0.39 is 0 Å². The quantitative estimate of drug-likeness (QED) is 0.698. The van der Waals surface area contributed by atoms with Gasteiger partial charge in [-0.15, -0.1) is 0 Å². The Kier molecular flexibility index (Phi) is 2.08. The van der Waals surface area contributed by atoms with E-state index in [0.29, 0.717) is 0 Å². The van der Waals surface area contributed by atoms with Gasteiger partial charge in [-0.25, -0.2) is 4.39 Å². The molecule has 0 amide bonds. The molecule has 0 aliphatic carbocycles. The van der Waals surface area contributed by atoms with Gasteiger partial charge >= 0.3 is 0 Å². The van der Waals surface area contributed by atoms with Crippen molar-refractivity contribution in [3.8, 4) is 0 Å². The molecule has 1 aliphatic heterocycles. The molecule has 1 heterocycles. The van der Waals surface area contributed by atoms with Gasteiger partial charge in [-0.2, -0.15) is 0 Å². The Morgan fingerprint density at radius 3 is 2.46 bits per heavy atom. The van der Waals surface area contributed by atoms with Crippen LogP contribution in [0.2, 0.25) is 0 Å². The first-order valence-electron chi connectivity index (χ1n) is 4.70. The van der Waals surface area contributed by atoms with Crippen molar-refractivity contribution < 1.29 is 4.39 Å². The molecule has 0 aromatic heterocycles. The molecule has 1 aromatic rings. The SMILES string of the molecule is CC(C)c1cc2c(cc1F)CNC2. The molecule has 13 heavy (non-hydrogen) atoms. The molecule has 1 aromatic carbocycles. The van der Waals surface area contributed by atoms with Crippen LogP contribution in [-0.4, -0.2) is 0 Å². The van der Waals surface area contributed by atoms with E-state index in [9.17, 15) is 4.39 Å². The molecule has 0 atom stereocenters. The van der Waals surface area contributed by atoms with Gasteiger partial charge in [-0.05, 0) is 28.7 Å². The van der Waals surface area contributed by atoms with Crippen LogP contribution in [0, 0.1) is 5.82 Å². The summed E-state index contributed by atoms with van der Waals surface area (Å²) in [6.45, 7) is 5.74. The Hall–Kier alpha value is -0.890. The number of fused-ring (bicyclic) bond motifs is 1. The second-order valence-electron chi connectivity index (χ2n) is 3.90. The fourth-order valence-corrected chi connectivity index (χ4v) is 1.78. The second kappa shape index (κ2) is 3.11. The van der Waals surface area contributed by atoms with Crippen LogP contribution in [0.15, 0.2) is 12.1 Å². The number of nitrogens with one attached hydrogen (secondary N) is 1. The normalized spacial score (nSPS) is 15.1. The summed E-state index contributed by atoms with van der Waals surface area (Å²) in [5, 5.41) is 3.21. The van der Waals surface area contributed by atoms with Gasteiger partial charge in [0.1, 0.15) is 5.82 Å². The number of halogens is 1. The van der Waals surface area contributed by atoms with Gasteiger partial charge < -0.3 is 5.32 Å². The van der Waals surface area contributed by atoms with E-state index in [0.717, 1.165) is 24.2 Å². The minimum Gasteiger partial charge on any atom is -0.309 e. The predicted molar refractivity (Wildman–Crippen MR) is 51.0 cm³/mol. The van der Waals surface area contributed by atoms with Crippen molar-refractivity contribution >= 4 is 0 Å². The zero-order valence-electron chi connectivity index (χ0n) is 8.02. The average Bonchev–Trinajstić information content (AvgIpc) is 2.48. The summed E-state index contributed by atoms with van der Waals surface area (Å²) >= 11 is 0. The number of hydrogen-bond donors (Lipinski definition) is 1. The molecular formula is C11H14FN. The molecule has 1 N–H and O–H groups in total. The van der Waals surface area contributed by atoms with E-state index in [4.69, 9.17) is 0 Å². The Morgan fingerprint density at radius 1 is 1.23 bits per heavy atom. The first kappa shape index (κ1) is 8.70. The van der Waals surface area contributed by atoms with Crippen molar-refractivity contribution in [2.75, 3.05) is 0 Å². The maximum absolute atomic E-state index is 13.5. The standard InChI is InChI=1S/C11H14FN/c1-7(2)10-3-8-5-13-6-9(8)4-11(10)12/h3-4,7,13H,5-6H2,1-2H3. The lowest BCUT2D eigenvalue weighted by molar-refractivity contribution is 0.596. The molecule has 1 aliphatic rings. The number of benzene rings is 1. The van der Waals surface area contributed by atoms with Crippen molar-refractivity contribution in [3.05, 3.63) is 34.6 Å². The topological polar surface area (TPSA) is 12.0 Å². The minimum absolute atomic E-state index is 0.0579. The van der Waals surface area contributed by atoms with E-state index in [1.54, 1.807) is 6.07 Å². The third-order valence-electron chi connectivity index (χ3n) is 2.57. The van der Waals surface area contributed by atoms with E-state index in [-0.39, 0.29) is 11.7 Å². The van der Waals surface area contributed by atoms with Gasteiger partial charge in [-0.1, -0.05) is 19.9 Å². The van der Waals surface area contributed by atoms with Crippen molar-refractivity contribution in [3.63, 3.8) is 0 Å². The maximum atomic E-state index is 13.5. The van der Waals surface area contributed by atoms with Crippen LogP contribution in [0.1, 0.15) is 36.5 Å². The summed E-state index contributed by atoms with van der Waals surface area (Å²) in [5.74, 6) is 0.211. The molecule has 0 radical (unpaired) electrons. The molecule has 0 fully saturated rings. The summed E-state index contributed by atoms with van der Waals surface area (Å²) < 4.78 is 13.5. The Morgan fingerprint density at radius 2 is 1.85 bits per heavy atom. The lowest BCUT2D eigenvalue weighted by Gasteiger charge is -2.09. The molecule has 70 valence electrons. The van der Waals surface area contributed by atoms with Crippen LogP contribution in [-0.2, 0) is 13.1 Å². The minimum atomic E-state index is -0.0579. The van der Waals surface area contributed by atoms with Gasteiger partial charge in [-0.3, -0.25) is 0 Å². The van der Waals surface area contributed by atoms with E-state index in [1.807, 2.05) is 19.9 Å². The van der Waals surface area contributed by atoms with Gasteiger partial charge in [0.05, 0.1) is 0 Å². The zero-order valence-corrected chi connectivity index (χ0v) is 8.02. The Balaban J connectivity index is 2.49. The summed E-state index contributed by atoms with van der Waals surface area (Å²) in [6, 6.07) is 3.67. The first-order chi connectivity index (χ1) is 6.18. The second-order valence-corrected chi connectivity index (χ2v) is 3.90. The van der Waals surface area contributed by atoms with Crippen LogP contribution >= 0.6 is 0 Å². The molecule has 0 spiro atoms. The highest BCUT2D eigenvalue weighted by molar-refractivity contribution is 5.36. The number of rotatable bonds is 1. The molecule has 0 bridgehead atoms. The Labute approximate surface area is 78.0 Å². The van der Waals surface area contributed by atoms with E-state index >= 15 is 0 Å². The van der Waals surface area contributed by atoms with E-state index in [1.165, 1.54) is 5.56 Å². The molecule has 0 saturated carbocycles. The fourth-order valence-electron chi connectivity index (χ4n) is 1.78. The summed E-state index contributed by atoms with van der Waals surface area (Å²) in [7, 11) is 0. The maximum Gasteiger partial charge on any atom is 0.127 e. The van der Waals surface area contributed by atoms with E-state index in [2.05, 4.69) is 5.32 Å². The molecule has 0 saturated heterocycles. The van der Waals surface area contributed by atoms with Crippen LogP contribution in [0.4, 0.5) is 4.39 Å². The first-order valence-corrected chi connectivity index (χ1v) is 4.70.